The first kappa shape index (κ1) is 9.85. The lowest BCUT2D eigenvalue weighted by atomic mass is 10.1. The molecule has 0 rings (SSSR count). The molecule has 0 aromatic rings. The zero-order chi connectivity index (χ0) is 7.82. The van der Waals surface area contributed by atoms with Crippen molar-refractivity contribution in [1.29, 1.82) is 0 Å². The summed E-state index contributed by atoms with van der Waals surface area (Å²) in [4.78, 5) is 0. The van der Waals surface area contributed by atoms with Crippen molar-refractivity contribution in [2.45, 2.75) is 44.9 Å². The van der Waals surface area contributed by atoms with Crippen LogP contribution in [-0.4, -0.2) is 5.38 Å². The van der Waals surface area contributed by atoms with Crippen LogP contribution in [0.25, 0.3) is 0 Å². The minimum atomic E-state index is 0.360. The van der Waals surface area contributed by atoms with E-state index < -0.39 is 0 Å². The molecule has 0 aliphatic rings. The number of hydrogen-bond acceptors (Lipinski definition) is 0. The van der Waals surface area contributed by atoms with Crippen molar-refractivity contribution >= 4 is 11.6 Å². The summed E-state index contributed by atoms with van der Waals surface area (Å²) in [6.07, 6.45) is 4.32. The highest BCUT2D eigenvalue weighted by Crippen LogP contribution is 2.09. The van der Waals surface area contributed by atoms with E-state index in [1.54, 1.807) is 0 Å². The highest BCUT2D eigenvalue weighted by Gasteiger charge is 1.98. The molecule has 0 aromatic carbocycles. The van der Waals surface area contributed by atoms with Gasteiger partial charge in [-0.05, 0) is 26.2 Å². The quantitative estimate of drug-likeness (QED) is 0.335. The minimum absolute atomic E-state index is 0.360. The molecule has 1 atom stereocenters. The van der Waals surface area contributed by atoms with E-state index in [2.05, 4.69) is 18.8 Å². The van der Waals surface area contributed by atoms with E-state index in [-0.39, 0.29) is 0 Å². The van der Waals surface area contributed by atoms with Crippen LogP contribution in [0.5, 0.6) is 0 Å². The Balaban J connectivity index is 3.08. The lowest BCUT2D eigenvalue weighted by Crippen LogP contribution is -1.94. The van der Waals surface area contributed by atoms with Gasteiger partial charge in [-0.3, -0.25) is 0 Å². The van der Waals surface area contributed by atoms with E-state index in [1.165, 1.54) is 0 Å². The fourth-order valence-corrected chi connectivity index (χ4v) is 0.895. The maximum Gasteiger partial charge on any atom is 0.0333 e. The van der Waals surface area contributed by atoms with Crippen molar-refractivity contribution in [2.24, 2.45) is 0 Å². The second kappa shape index (κ2) is 6.96. The van der Waals surface area contributed by atoms with Gasteiger partial charge in [0.2, 0.25) is 0 Å². The standard InChI is InChI=1S/C9H15Cl/c1-3-5-6-7-8-9(10)4-2/h9H,4,6-8H2,1-2H3. The molecule has 0 nitrogen and oxygen atoms in total. The Bertz CT molecular complexity index is 118. The summed E-state index contributed by atoms with van der Waals surface area (Å²) in [6.45, 7) is 3.99. The molecule has 0 aliphatic carbocycles. The minimum Gasteiger partial charge on any atom is -0.123 e. The van der Waals surface area contributed by atoms with E-state index >= 15 is 0 Å². The Hall–Kier alpha value is -0.150. The molecular formula is C9H15Cl. The summed E-state index contributed by atoms with van der Waals surface area (Å²) < 4.78 is 0. The van der Waals surface area contributed by atoms with Crippen molar-refractivity contribution in [3.05, 3.63) is 0 Å². The maximum atomic E-state index is 5.90. The first-order valence-electron chi connectivity index (χ1n) is 3.85. The molecule has 10 heavy (non-hydrogen) atoms. The molecule has 0 radical (unpaired) electrons. The second-order valence-electron chi connectivity index (χ2n) is 2.32. The Kier molecular flexibility index (Phi) is 6.86. The molecule has 0 aromatic heterocycles. The number of halogens is 1. The topological polar surface area (TPSA) is 0 Å². The summed E-state index contributed by atoms with van der Waals surface area (Å²) in [5, 5.41) is 0.360. The van der Waals surface area contributed by atoms with Crippen LogP contribution in [0.2, 0.25) is 0 Å². The van der Waals surface area contributed by atoms with Gasteiger partial charge in [0.25, 0.3) is 0 Å². The zero-order valence-corrected chi connectivity index (χ0v) is 7.54. The van der Waals surface area contributed by atoms with Gasteiger partial charge in [0.15, 0.2) is 0 Å². The molecule has 0 amide bonds. The van der Waals surface area contributed by atoms with Crippen molar-refractivity contribution in [3.8, 4) is 11.8 Å². The average molecular weight is 159 g/mol. The van der Waals surface area contributed by atoms with Gasteiger partial charge in [0, 0.05) is 11.8 Å². The van der Waals surface area contributed by atoms with Crippen LogP contribution in [-0.2, 0) is 0 Å². The molecule has 0 bridgehead atoms. The largest absolute Gasteiger partial charge is 0.123 e. The van der Waals surface area contributed by atoms with Gasteiger partial charge >= 0.3 is 0 Å². The second-order valence-corrected chi connectivity index (χ2v) is 2.94. The monoisotopic (exact) mass is 158 g/mol. The third kappa shape index (κ3) is 5.98. The summed E-state index contributed by atoms with van der Waals surface area (Å²) in [6, 6.07) is 0. The van der Waals surface area contributed by atoms with Crippen LogP contribution >= 0.6 is 11.6 Å². The van der Waals surface area contributed by atoms with E-state index in [9.17, 15) is 0 Å². The van der Waals surface area contributed by atoms with Crippen molar-refractivity contribution in [1.82, 2.24) is 0 Å². The SMILES string of the molecule is CC#CCCCC(Cl)CC. The first-order valence-corrected chi connectivity index (χ1v) is 4.28. The van der Waals surface area contributed by atoms with Gasteiger partial charge in [0.1, 0.15) is 0 Å². The first-order chi connectivity index (χ1) is 4.81. The number of rotatable bonds is 4. The van der Waals surface area contributed by atoms with E-state index in [0.29, 0.717) is 5.38 Å². The fraction of sp³-hybridized carbons (Fsp3) is 0.778. The molecule has 58 valence electrons. The van der Waals surface area contributed by atoms with Crippen LogP contribution in [0.15, 0.2) is 0 Å². The highest BCUT2D eigenvalue weighted by molar-refractivity contribution is 6.20. The zero-order valence-electron chi connectivity index (χ0n) is 6.78. The highest BCUT2D eigenvalue weighted by atomic mass is 35.5. The summed E-state index contributed by atoms with van der Waals surface area (Å²) in [5.41, 5.74) is 0. The fourth-order valence-electron chi connectivity index (χ4n) is 0.741. The predicted molar refractivity (Wildman–Crippen MR) is 47.2 cm³/mol. The predicted octanol–water partition coefficient (Wildman–Crippen LogP) is 3.20. The Morgan fingerprint density at radius 3 is 2.70 bits per heavy atom. The Labute approximate surface area is 69.0 Å². The van der Waals surface area contributed by atoms with Crippen molar-refractivity contribution in [2.75, 3.05) is 0 Å². The van der Waals surface area contributed by atoms with Crippen LogP contribution in [0.3, 0.4) is 0 Å². The summed E-state index contributed by atoms with van der Waals surface area (Å²) in [7, 11) is 0. The van der Waals surface area contributed by atoms with E-state index in [1.807, 2.05) is 6.92 Å². The van der Waals surface area contributed by atoms with E-state index in [4.69, 9.17) is 11.6 Å². The number of unbranched alkanes of at least 4 members (excludes halogenated alkanes) is 1. The summed E-state index contributed by atoms with van der Waals surface area (Å²) >= 11 is 5.90. The third-order valence-electron chi connectivity index (χ3n) is 1.44. The van der Waals surface area contributed by atoms with Crippen LogP contribution in [0, 0.1) is 11.8 Å². The Morgan fingerprint density at radius 1 is 1.50 bits per heavy atom. The molecular weight excluding hydrogens is 144 g/mol. The lowest BCUT2D eigenvalue weighted by Gasteiger charge is -2.01. The third-order valence-corrected chi connectivity index (χ3v) is 1.97. The summed E-state index contributed by atoms with van der Waals surface area (Å²) in [5.74, 6) is 5.89. The molecule has 1 heteroatoms. The van der Waals surface area contributed by atoms with Gasteiger partial charge in [-0.2, -0.15) is 0 Å². The Morgan fingerprint density at radius 2 is 2.20 bits per heavy atom. The van der Waals surface area contributed by atoms with Crippen molar-refractivity contribution in [3.63, 3.8) is 0 Å². The average Bonchev–Trinajstić information content (AvgIpc) is 1.98. The molecule has 1 unspecified atom stereocenters. The molecule has 0 fully saturated rings. The smallest absolute Gasteiger partial charge is 0.0333 e. The van der Waals surface area contributed by atoms with Gasteiger partial charge in [0.05, 0.1) is 0 Å². The van der Waals surface area contributed by atoms with Gasteiger partial charge in [-0.25, -0.2) is 0 Å². The van der Waals surface area contributed by atoms with Crippen LogP contribution < -0.4 is 0 Å². The van der Waals surface area contributed by atoms with Crippen LogP contribution in [0.4, 0.5) is 0 Å². The molecule has 0 spiro atoms. The van der Waals surface area contributed by atoms with Gasteiger partial charge in [-0.1, -0.05) is 6.92 Å². The molecule has 0 N–H and O–H groups in total. The molecule has 0 heterocycles. The van der Waals surface area contributed by atoms with Crippen LogP contribution in [0.1, 0.15) is 39.5 Å². The van der Waals surface area contributed by atoms with Gasteiger partial charge in [-0.15, -0.1) is 23.4 Å². The normalized spacial score (nSPS) is 11.9. The van der Waals surface area contributed by atoms with E-state index in [0.717, 1.165) is 25.7 Å². The number of hydrogen-bond donors (Lipinski definition) is 0. The molecule has 0 aliphatic heterocycles. The number of alkyl halides is 1. The van der Waals surface area contributed by atoms with Crippen molar-refractivity contribution < 1.29 is 0 Å². The molecule has 0 saturated carbocycles. The lowest BCUT2D eigenvalue weighted by molar-refractivity contribution is 0.688. The van der Waals surface area contributed by atoms with Gasteiger partial charge < -0.3 is 0 Å². The maximum absolute atomic E-state index is 5.90. The molecule has 0 saturated heterocycles.